The Kier molecular flexibility index (Phi) is 6.29. The van der Waals surface area contributed by atoms with Crippen molar-refractivity contribution in [2.24, 2.45) is 22.2 Å². The van der Waals surface area contributed by atoms with Crippen LogP contribution in [0, 0.1) is 22.2 Å². The number of aliphatic hydroxyl groups is 2. The van der Waals surface area contributed by atoms with E-state index in [4.69, 9.17) is 32.8 Å². The number of carbonyl (C=O) groups is 5. The average molecular weight is 633 g/mol. The summed E-state index contributed by atoms with van der Waals surface area (Å²) in [5, 5.41) is 25.7. The Labute approximate surface area is 257 Å². The summed E-state index contributed by atoms with van der Waals surface area (Å²) in [6.45, 7) is 9.44. The van der Waals surface area contributed by atoms with E-state index in [1.165, 1.54) is 52.4 Å². The van der Waals surface area contributed by atoms with Gasteiger partial charge in [-0.25, -0.2) is 9.59 Å². The minimum Gasteiger partial charge on any atom is -0.472 e. The molecule has 45 heavy (non-hydrogen) atoms. The highest BCUT2D eigenvalue weighted by Crippen LogP contribution is 2.85. The second kappa shape index (κ2) is 9.02. The van der Waals surface area contributed by atoms with Crippen LogP contribution < -0.4 is 0 Å². The Balaban J connectivity index is 1.76. The molecule has 2 saturated carbocycles. The molecule has 0 radical (unpaired) electrons. The van der Waals surface area contributed by atoms with Crippen molar-refractivity contribution in [3.05, 3.63) is 36.3 Å². The van der Waals surface area contributed by atoms with Gasteiger partial charge in [0.15, 0.2) is 17.8 Å². The van der Waals surface area contributed by atoms with Crippen LogP contribution >= 0.6 is 0 Å². The van der Waals surface area contributed by atoms with Crippen molar-refractivity contribution in [2.75, 3.05) is 7.11 Å². The lowest BCUT2D eigenvalue weighted by molar-refractivity contribution is -0.356. The molecule has 1 aromatic heterocycles. The van der Waals surface area contributed by atoms with Crippen LogP contribution in [0.2, 0.25) is 0 Å². The smallest absolute Gasteiger partial charge is 0.339 e. The Bertz CT molecular complexity index is 1550. The first-order valence-corrected chi connectivity index (χ1v) is 14.5. The highest BCUT2D eigenvalue weighted by atomic mass is 16.7. The molecule has 4 heterocycles. The van der Waals surface area contributed by atoms with Crippen LogP contribution in [0.4, 0.5) is 0 Å². The molecule has 244 valence electrons. The first-order chi connectivity index (χ1) is 20.8. The molecule has 1 aromatic rings. The Hall–Kier alpha value is -3.59. The van der Waals surface area contributed by atoms with E-state index in [0.29, 0.717) is 5.56 Å². The summed E-state index contributed by atoms with van der Waals surface area (Å²) >= 11 is 0. The molecule has 14 heteroatoms. The van der Waals surface area contributed by atoms with Crippen molar-refractivity contribution < 1.29 is 67.0 Å². The molecule has 5 fully saturated rings. The maximum Gasteiger partial charge on any atom is 0.339 e. The Morgan fingerprint density at radius 2 is 1.62 bits per heavy atom. The first-order valence-electron chi connectivity index (χ1n) is 14.5. The normalized spacial score (nSPS) is 47.2. The zero-order valence-electron chi connectivity index (χ0n) is 26.1. The molecule has 0 unspecified atom stereocenters. The van der Waals surface area contributed by atoms with Crippen LogP contribution in [-0.4, -0.2) is 87.9 Å². The fourth-order valence-electron chi connectivity index (χ4n) is 9.52. The van der Waals surface area contributed by atoms with Gasteiger partial charge in [-0.15, -0.1) is 0 Å². The third kappa shape index (κ3) is 3.25. The number of hydrogen-bond donors (Lipinski definition) is 2. The molecule has 5 aliphatic rings. The van der Waals surface area contributed by atoms with Gasteiger partial charge in [-0.05, 0) is 26.8 Å². The van der Waals surface area contributed by atoms with E-state index in [-0.39, 0.29) is 0 Å². The fraction of sp³-hybridized carbons (Fsp3) is 0.645. The summed E-state index contributed by atoms with van der Waals surface area (Å²) in [5.41, 5.74) is -11.9. The molecule has 3 saturated heterocycles. The van der Waals surface area contributed by atoms with Gasteiger partial charge in [-0.2, -0.15) is 0 Å². The SMILES string of the molecule is COC(=O)/C=C\[C@]1(C)[C@H]2[C@@H](OC(C)=O)[C@@H](OC(C)=O)[C@@]3(C)[C@H](c4ccoc4)OC(=O)[C@H]4O[C@]43[C@]2(C)[C@]2(O)OC(C)(C)C(=O)[C@]21O. The summed E-state index contributed by atoms with van der Waals surface area (Å²) in [7, 11) is 1.13. The highest BCUT2D eigenvalue weighted by molar-refractivity contribution is 6.00. The number of methoxy groups -OCH3 is 1. The lowest BCUT2D eigenvalue weighted by atomic mass is 9.43. The van der Waals surface area contributed by atoms with E-state index in [0.717, 1.165) is 27.0 Å². The van der Waals surface area contributed by atoms with Crippen molar-refractivity contribution >= 4 is 29.7 Å². The molecule has 0 bridgehead atoms. The minimum atomic E-state index is -2.85. The molecule has 0 amide bonds. The van der Waals surface area contributed by atoms with E-state index in [1.54, 1.807) is 6.92 Å². The number of esters is 4. The molecule has 2 N–H and O–H groups in total. The molecule has 3 aliphatic heterocycles. The third-order valence-corrected chi connectivity index (χ3v) is 11.1. The highest BCUT2D eigenvalue weighted by Gasteiger charge is 3.01. The second-order valence-corrected chi connectivity index (χ2v) is 13.6. The number of ketones is 1. The fourth-order valence-corrected chi connectivity index (χ4v) is 9.52. The van der Waals surface area contributed by atoms with E-state index >= 15 is 0 Å². The van der Waals surface area contributed by atoms with Crippen molar-refractivity contribution in [1.29, 1.82) is 0 Å². The van der Waals surface area contributed by atoms with Gasteiger partial charge in [0.05, 0.1) is 30.5 Å². The number of fused-ring (bicyclic) bond motifs is 3. The number of ether oxygens (including phenoxy) is 6. The van der Waals surface area contributed by atoms with Crippen LogP contribution in [0.1, 0.15) is 60.1 Å². The Morgan fingerprint density at radius 3 is 2.18 bits per heavy atom. The van der Waals surface area contributed by atoms with Crippen molar-refractivity contribution in [3.63, 3.8) is 0 Å². The molecular formula is C31H36O14. The molecule has 14 nitrogen and oxygen atoms in total. The first kappa shape index (κ1) is 31.4. The lowest BCUT2D eigenvalue weighted by Crippen LogP contribution is -2.77. The summed E-state index contributed by atoms with van der Waals surface area (Å²) in [4.78, 5) is 66.0. The molecule has 11 atom stereocenters. The number of carbonyl (C=O) groups excluding carboxylic acids is 5. The standard InChI is InChI=1S/C31H36O14/c1-14(32)41-18-19-26(5,11-9-17(34)39-8)29(37)24(36)25(3,4)45-31(29,38)28(19,7)30-22(44-30)23(35)43-20(16-10-12-40-13-16)27(30,6)21(18)42-15(2)33/h9-13,18-22,37-38H,1-8H3/b11-9-/t18-,19-,20+,21-,22-,26-,27-,28-,29-,30-,31+/m1/s1. The molecular weight excluding hydrogens is 596 g/mol. The van der Waals surface area contributed by atoms with E-state index in [9.17, 15) is 34.2 Å². The van der Waals surface area contributed by atoms with Gasteiger partial charge in [-0.3, -0.25) is 14.4 Å². The maximum atomic E-state index is 14.3. The minimum absolute atomic E-state index is 0.331. The third-order valence-electron chi connectivity index (χ3n) is 11.1. The van der Waals surface area contributed by atoms with E-state index < -0.39 is 98.8 Å². The number of cyclic esters (lactones) is 1. The zero-order valence-corrected chi connectivity index (χ0v) is 26.1. The predicted molar refractivity (Wildman–Crippen MR) is 145 cm³/mol. The lowest BCUT2D eigenvalue weighted by Gasteiger charge is -2.63. The molecule has 6 rings (SSSR count). The van der Waals surface area contributed by atoms with Crippen LogP contribution in [0.15, 0.2) is 35.2 Å². The molecule has 2 aliphatic carbocycles. The van der Waals surface area contributed by atoms with Crippen molar-refractivity contribution in [2.45, 2.75) is 95.5 Å². The topological polar surface area (TPSA) is 198 Å². The van der Waals surface area contributed by atoms with Gasteiger partial charge in [0, 0.05) is 36.8 Å². The van der Waals surface area contributed by atoms with Crippen LogP contribution in [0.5, 0.6) is 0 Å². The molecule has 0 aromatic carbocycles. The summed E-state index contributed by atoms with van der Waals surface area (Å²) in [5.74, 6) is -8.53. The van der Waals surface area contributed by atoms with Crippen LogP contribution in [0.3, 0.4) is 0 Å². The average Bonchev–Trinajstić information content (AvgIpc) is 3.44. The number of furan rings is 1. The number of epoxide rings is 1. The van der Waals surface area contributed by atoms with Crippen molar-refractivity contribution in [1.82, 2.24) is 0 Å². The number of Topliss-reactive ketones (excluding diaryl/α,β-unsaturated/α-hetero) is 1. The summed E-state index contributed by atoms with van der Waals surface area (Å²) in [6, 6.07) is 1.53. The van der Waals surface area contributed by atoms with Gasteiger partial charge in [0.25, 0.3) is 0 Å². The van der Waals surface area contributed by atoms with Gasteiger partial charge < -0.3 is 43.1 Å². The maximum absolute atomic E-state index is 14.3. The Morgan fingerprint density at radius 1 is 0.978 bits per heavy atom. The van der Waals surface area contributed by atoms with E-state index in [2.05, 4.69) is 0 Å². The predicted octanol–water partition coefficient (Wildman–Crippen LogP) is 1.07. The van der Waals surface area contributed by atoms with Gasteiger partial charge in [0.1, 0.15) is 23.4 Å². The largest absolute Gasteiger partial charge is 0.472 e. The van der Waals surface area contributed by atoms with Crippen molar-refractivity contribution in [3.8, 4) is 0 Å². The van der Waals surface area contributed by atoms with Gasteiger partial charge in [0.2, 0.25) is 11.6 Å². The zero-order chi connectivity index (χ0) is 33.3. The van der Waals surface area contributed by atoms with E-state index in [1.807, 2.05) is 0 Å². The molecule has 1 spiro atoms. The monoisotopic (exact) mass is 632 g/mol. The van der Waals surface area contributed by atoms with Gasteiger partial charge >= 0.3 is 23.9 Å². The van der Waals surface area contributed by atoms with Gasteiger partial charge in [-0.1, -0.05) is 19.9 Å². The summed E-state index contributed by atoms with van der Waals surface area (Å²) < 4.78 is 40.4. The number of hydrogen-bond acceptors (Lipinski definition) is 14. The second-order valence-electron chi connectivity index (χ2n) is 13.6. The van der Waals surface area contributed by atoms with Crippen LogP contribution in [0.25, 0.3) is 0 Å². The summed E-state index contributed by atoms with van der Waals surface area (Å²) in [6.07, 6.45) is -0.887. The quantitative estimate of drug-likeness (QED) is 0.202. The van der Waals surface area contributed by atoms with Crippen LogP contribution in [-0.2, 0) is 52.4 Å². The number of rotatable bonds is 5.